The van der Waals surface area contributed by atoms with Gasteiger partial charge in [0.2, 0.25) is 11.6 Å². The fourth-order valence-corrected chi connectivity index (χ4v) is 16.5. The zero-order valence-corrected chi connectivity index (χ0v) is 59.9. The molecule has 99 heavy (non-hydrogen) atoms. The summed E-state index contributed by atoms with van der Waals surface area (Å²) < 4.78 is 175. The van der Waals surface area contributed by atoms with Gasteiger partial charge in [-0.15, -0.1) is 0 Å². The van der Waals surface area contributed by atoms with E-state index in [1.165, 1.54) is 43.5 Å². The number of nitrogens with zero attached hydrogens (tertiary/aromatic N) is 2. The van der Waals surface area contributed by atoms with Gasteiger partial charge in [0.1, 0.15) is 16.7 Å². The van der Waals surface area contributed by atoms with Gasteiger partial charge >= 0.3 is 5.97 Å². The maximum absolute atomic E-state index is 13.6. The smallest absolute Gasteiger partial charge is 0.338 e. The third kappa shape index (κ3) is 23.0. The zero-order valence-electron chi connectivity index (χ0n) is 55.8. The molecule has 2 aliphatic rings. The molecule has 0 radical (unpaired) electrons. The molecule has 7 rings (SSSR count). The normalized spacial score (nSPS) is 16.9. The van der Waals surface area contributed by atoms with Crippen molar-refractivity contribution in [3.63, 3.8) is 0 Å². The molecule has 0 saturated heterocycles. The average Bonchev–Trinajstić information content (AvgIpc) is 1.59. The fraction of sp³-hybridized carbons (Fsp3) is 0.420. The summed E-state index contributed by atoms with van der Waals surface area (Å²) in [4.78, 5) is 41.0. The highest BCUT2D eigenvalue weighted by Gasteiger charge is 2.48. The first kappa shape index (κ1) is 79.4. The van der Waals surface area contributed by atoms with Gasteiger partial charge in [-0.2, -0.15) is 29.8 Å². The molecule has 5 N–H and O–H groups in total. The number of allylic oxidation sites excluding steroid dienone is 6. The highest BCUT2D eigenvalue weighted by molar-refractivity contribution is 7.86. The van der Waals surface area contributed by atoms with E-state index in [0.717, 1.165) is 10.6 Å². The molecule has 2 aliphatic heterocycles. The maximum Gasteiger partial charge on any atom is 0.338 e. The summed E-state index contributed by atoms with van der Waals surface area (Å²) >= 11 is 0. The summed E-state index contributed by atoms with van der Waals surface area (Å²) in [5, 5.41) is 8.29. The summed E-state index contributed by atoms with van der Waals surface area (Å²) in [7, 11) is -17.0. The third-order valence-electron chi connectivity index (χ3n) is 16.9. The van der Waals surface area contributed by atoms with Crippen molar-refractivity contribution < 1.29 is 99.3 Å². The molecule has 2 unspecified atom stereocenters. The van der Waals surface area contributed by atoms with E-state index in [4.69, 9.17) is 28.4 Å². The fourth-order valence-electron chi connectivity index (χ4n) is 12.0. The number of amides is 2. The lowest BCUT2D eigenvalue weighted by molar-refractivity contribution is -0.438. The van der Waals surface area contributed by atoms with Crippen LogP contribution in [0, 0.1) is 0 Å². The molecule has 30 heteroatoms. The number of fused-ring (bicyclic) bond motifs is 2. The predicted octanol–water partition coefficient (Wildman–Crippen LogP) is 6.67. The quantitative estimate of drug-likeness (QED) is 0.00680. The van der Waals surface area contributed by atoms with Crippen molar-refractivity contribution >= 4 is 99.2 Å². The van der Waals surface area contributed by atoms with Crippen LogP contribution in [-0.4, -0.2) is 191 Å². The molecule has 0 aromatic heterocycles. The Labute approximate surface area is 581 Å². The maximum atomic E-state index is 13.6. The number of carbonyl (C=O) groups is 3. The third-order valence-corrected chi connectivity index (χ3v) is 22.6. The van der Waals surface area contributed by atoms with Gasteiger partial charge in [-0.05, 0) is 131 Å². The van der Waals surface area contributed by atoms with Crippen molar-refractivity contribution in [2.45, 2.75) is 85.8 Å². The zero-order chi connectivity index (χ0) is 71.9. The Morgan fingerprint density at radius 3 is 1.75 bits per heavy atom. The summed E-state index contributed by atoms with van der Waals surface area (Å²) in [6.07, 6.45) is 10.2. The first-order valence-electron chi connectivity index (χ1n) is 32.2. The second kappa shape index (κ2) is 37.1. The van der Waals surface area contributed by atoms with E-state index in [-0.39, 0.29) is 77.5 Å². The highest BCUT2D eigenvalue weighted by Crippen LogP contribution is 2.51. The van der Waals surface area contributed by atoms with Gasteiger partial charge in [0.25, 0.3) is 36.3 Å². The molecule has 0 aliphatic carbocycles. The standard InChI is InChI=1S/C69H87N4O21PS4/c1-68(32-17-47-96(77,78)79)58-50-55(98(83,84)85)27-30-60(58)72(36-16-8-15-25-65(74)70-34-35-71-66(75)52-26-29-57(67(76)90-4)62(49-52)95(53-19-9-5-10-20-53)54-21-11-6-12-22-54)63(68)23-13-7-14-24-64-69(2,33-18-48-97(80,81)82)59-51-56(99(86,87)88)28-31-61(59)73(64)37-38-91-41-42-93-45-46-94-44-43-92-40-39-89-3/h5-7,9-14,19-24,26-31,49-51H,8,15-18,25,32-48H2,1-4H3,(H5-,70,71,74,75,77,78,79,80,81,82,83,84,85,86,87,88). The molecule has 2 amide bonds. The second-order valence-corrected chi connectivity index (χ2v) is 31.9. The number of benzene rings is 5. The number of hydrogen-bond acceptors (Lipinski definition) is 19. The molecule has 0 bridgehead atoms. The first-order chi connectivity index (χ1) is 47.1. The molecule has 2 atom stereocenters. The highest BCUT2D eigenvalue weighted by atomic mass is 32.2. The lowest BCUT2D eigenvalue weighted by Crippen LogP contribution is -2.35. The Morgan fingerprint density at radius 2 is 1.17 bits per heavy atom. The Morgan fingerprint density at radius 1 is 0.606 bits per heavy atom. The van der Waals surface area contributed by atoms with E-state index >= 15 is 0 Å². The van der Waals surface area contributed by atoms with Gasteiger partial charge in [-0.3, -0.25) is 23.2 Å². The van der Waals surface area contributed by atoms with Crippen molar-refractivity contribution in [1.29, 1.82) is 0 Å². The van der Waals surface area contributed by atoms with E-state index in [1.807, 2.05) is 70.1 Å². The van der Waals surface area contributed by atoms with E-state index < -0.39 is 92.4 Å². The van der Waals surface area contributed by atoms with Crippen molar-refractivity contribution in [2.75, 3.05) is 116 Å². The number of hydrogen-bond donors (Lipinski definition) is 5. The van der Waals surface area contributed by atoms with E-state index in [9.17, 15) is 66.3 Å². The summed E-state index contributed by atoms with van der Waals surface area (Å²) in [6, 6.07) is 32.3. The minimum absolute atomic E-state index is 0.0550. The summed E-state index contributed by atoms with van der Waals surface area (Å²) in [5.41, 5.74) is 1.46. The van der Waals surface area contributed by atoms with Gasteiger partial charge in [0.15, 0.2) is 5.71 Å². The van der Waals surface area contributed by atoms with Gasteiger partial charge in [-0.1, -0.05) is 78.9 Å². The average molecular weight is 1470 g/mol. The molecule has 0 saturated carbocycles. The van der Waals surface area contributed by atoms with Gasteiger partial charge in [-0.25, -0.2) is 13.2 Å². The van der Waals surface area contributed by atoms with Crippen molar-refractivity contribution in [3.8, 4) is 0 Å². The number of anilines is 1. The lowest BCUT2D eigenvalue weighted by atomic mass is 9.76. The van der Waals surface area contributed by atoms with Crippen LogP contribution >= 0.6 is 7.92 Å². The van der Waals surface area contributed by atoms with Gasteiger partial charge in [0, 0.05) is 85.0 Å². The largest absolute Gasteiger partial charge is 0.744 e. The Kier molecular flexibility index (Phi) is 29.8. The Hall–Kier alpha value is -6.93. The van der Waals surface area contributed by atoms with Crippen LogP contribution in [0.1, 0.15) is 97.1 Å². The van der Waals surface area contributed by atoms with E-state index in [1.54, 1.807) is 69.5 Å². The molecule has 25 nitrogen and oxygen atoms in total. The van der Waals surface area contributed by atoms with Crippen LogP contribution in [0.3, 0.4) is 0 Å². The Balaban J connectivity index is 1.07. The van der Waals surface area contributed by atoms with E-state index in [2.05, 4.69) is 10.6 Å². The Bertz CT molecular complexity index is 4160. The number of unbranched alkanes of at least 4 members (excludes halogenated alkanes) is 2. The second-order valence-electron chi connectivity index (χ2n) is 23.8. The minimum atomic E-state index is -4.98. The van der Waals surface area contributed by atoms with Crippen LogP contribution in [0.25, 0.3) is 0 Å². The lowest BCUT2D eigenvalue weighted by Gasteiger charge is -2.30. The van der Waals surface area contributed by atoms with Gasteiger partial charge < -0.3 is 48.5 Å². The molecular weight excluding hydrogens is 1380 g/mol. The molecule has 0 fully saturated rings. The van der Waals surface area contributed by atoms with Crippen molar-refractivity contribution in [3.05, 3.63) is 174 Å². The molecule has 5 aromatic carbocycles. The molecule has 0 spiro atoms. The van der Waals surface area contributed by atoms with Crippen LogP contribution in [0.2, 0.25) is 0 Å². The summed E-state index contributed by atoms with van der Waals surface area (Å²) in [5.74, 6) is -2.44. The number of carbonyl (C=O) groups excluding carboxylic acids is 3. The predicted molar refractivity (Wildman–Crippen MR) is 376 cm³/mol. The number of ether oxygens (including phenoxy) is 6. The number of nitrogens with one attached hydrogen (secondary N) is 2. The van der Waals surface area contributed by atoms with Crippen LogP contribution < -0.4 is 31.4 Å². The topological polar surface area (TPSA) is 357 Å². The number of methoxy groups -OCH3 is 2. The number of esters is 1. The molecule has 2 heterocycles. The molecular formula is C69H87N4O21PS4. The monoisotopic (exact) mass is 1470 g/mol. The van der Waals surface area contributed by atoms with Crippen molar-refractivity contribution in [1.82, 2.24) is 10.6 Å². The van der Waals surface area contributed by atoms with Gasteiger partial charge in [0.05, 0.1) is 98.8 Å². The first-order valence-corrected chi connectivity index (χ1v) is 39.6. The summed E-state index contributed by atoms with van der Waals surface area (Å²) in [6.45, 7) is 7.27. The van der Waals surface area contributed by atoms with Crippen LogP contribution in [0.4, 0.5) is 11.4 Å². The van der Waals surface area contributed by atoms with Crippen LogP contribution in [0.15, 0.2) is 161 Å². The SMILES string of the molecule is COCCOCCOCCOCCOCCN1C(=CC=CC=CC2=[N+](CCCCCC(=O)NCCNC(=O)c3ccc(C(=O)OC)c(P(c4ccccc4)c4ccccc4)c3)c3ccc(S(=O)(=O)[O-])cc3C2(C)CCCS(=O)(=O)O)C(C)(CCCS(=O)(=O)O)c2cc(S(=O)(=O)O)ccc21. The van der Waals surface area contributed by atoms with Crippen LogP contribution in [-0.2, 0) is 84.5 Å². The van der Waals surface area contributed by atoms with Crippen LogP contribution in [0.5, 0.6) is 0 Å². The van der Waals surface area contributed by atoms with Crippen molar-refractivity contribution in [2.24, 2.45) is 0 Å². The molecule has 538 valence electrons. The molecule has 5 aromatic rings. The minimum Gasteiger partial charge on any atom is -0.744 e. The number of rotatable bonds is 42. The van der Waals surface area contributed by atoms with E-state index in [0.29, 0.717) is 116 Å².